The van der Waals surface area contributed by atoms with Gasteiger partial charge in [0, 0.05) is 31.2 Å². The van der Waals surface area contributed by atoms with Crippen molar-refractivity contribution >= 4 is 23.4 Å². The smallest absolute Gasteiger partial charge is 0.263 e. The average molecular weight is 445 g/mol. The van der Waals surface area contributed by atoms with Crippen LogP contribution in [-0.2, 0) is 16.0 Å². The summed E-state index contributed by atoms with van der Waals surface area (Å²) in [6.07, 6.45) is 0.484. The number of carbonyl (C=O) groups is 2. The van der Waals surface area contributed by atoms with Gasteiger partial charge in [-0.2, -0.15) is 0 Å². The molecule has 166 valence electrons. The van der Waals surface area contributed by atoms with Gasteiger partial charge in [0.1, 0.15) is 11.5 Å². The Bertz CT molecular complexity index is 870. The lowest BCUT2D eigenvalue weighted by molar-refractivity contribution is -0.138. The largest absolute Gasteiger partial charge is 0.494 e. The number of rotatable bonds is 7. The highest BCUT2D eigenvalue weighted by molar-refractivity contribution is 6.30. The molecule has 0 saturated carbocycles. The number of ether oxygens (including phenoxy) is 2. The molecule has 1 heterocycles. The second kappa shape index (κ2) is 11.0. The molecule has 2 aromatic carbocycles. The summed E-state index contributed by atoms with van der Waals surface area (Å²) in [7, 11) is 0. The topological polar surface area (TPSA) is 59.1 Å². The number of benzene rings is 2. The van der Waals surface area contributed by atoms with Gasteiger partial charge < -0.3 is 19.3 Å². The van der Waals surface area contributed by atoms with Gasteiger partial charge in [0.2, 0.25) is 5.91 Å². The summed E-state index contributed by atoms with van der Waals surface area (Å²) >= 11 is 5.89. The molecule has 1 aliphatic rings. The van der Waals surface area contributed by atoms with Crippen LogP contribution in [0.25, 0.3) is 0 Å². The van der Waals surface area contributed by atoms with E-state index in [1.165, 1.54) is 0 Å². The minimum Gasteiger partial charge on any atom is -0.494 e. The van der Waals surface area contributed by atoms with Gasteiger partial charge in [-0.3, -0.25) is 9.59 Å². The molecule has 0 radical (unpaired) electrons. The number of carbonyl (C=O) groups excluding carboxylic acids is 2. The lowest BCUT2D eigenvalue weighted by atomic mass is 10.1. The van der Waals surface area contributed by atoms with E-state index >= 15 is 0 Å². The summed E-state index contributed by atoms with van der Waals surface area (Å²) in [6, 6.07) is 14.6. The van der Waals surface area contributed by atoms with E-state index in [1.807, 2.05) is 36.1 Å². The number of amides is 2. The second-order valence-electron chi connectivity index (χ2n) is 7.53. The van der Waals surface area contributed by atoms with E-state index in [1.54, 1.807) is 36.1 Å². The molecular weight excluding hydrogens is 416 g/mol. The molecule has 7 heteroatoms. The molecule has 1 fully saturated rings. The van der Waals surface area contributed by atoms with Crippen molar-refractivity contribution in [2.75, 3.05) is 32.8 Å². The van der Waals surface area contributed by atoms with Gasteiger partial charge in [0.05, 0.1) is 13.0 Å². The fourth-order valence-electron chi connectivity index (χ4n) is 3.57. The molecule has 0 N–H and O–H groups in total. The lowest BCUT2D eigenvalue weighted by Gasteiger charge is -2.25. The zero-order valence-corrected chi connectivity index (χ0v) is 18.8. The Hall–Kier alpha value is -2.73. The molecule has 6 nitrogen and oxygen atoms in total. The third-order valence-electron chi connectivity index (χ3n) is 5.22. The lowest BCUT2D eigenvalue weighted by Crippen LogP contribution is -2.43. The van der Waals surface area contributed by atoms with Crippen molar-refractivity contribution in [2.45, 2.75) is 32.8 Å². The van der Waals surface area contributed by atoms with Crippen molar-refractivity contribution in [2.24, 2.45) is 0 Å². The first-order valence-corrected chi connectivity index (χ1v) is 11.0. The monoisotopic (exact) mass is 444 g/mol. The van der Waals surface area contributed by atoms with Crippen LogP contribution in [0, 0.1) is 0 Å². The summed E-state index contributed by atoms with van der Waals surface area (Å²) < 4.78 is 11.2. The highest BCUT2D eigenvalue weighted by Crippen LogP contribution is 2.18. The first kappa shape index (κ1) is 22.9. The Morgan fingerprint density at radius 1 is 0.935 bits per heavy atom. The molecule has 2 amide bonds. The summed E-state index contributed by atoms with van der Waals surface area (Å²) in [5.74, 6) is 1.41. The first-order valence-electron chi connectivity index (χ1n) is 10.7. The predicted octanol–water partition coefficient (Wildman–Crippen LogP) is 3.81. The van der Waals surface area contributed by atoms with Crippen LogP contribution in [0.4, 0.5) is 0 Å². The molecule has 0 aromatic heterocycles. The van der Waals surface area contributed by atoms with Gasteiger partial charge in [-0.05, 0) is 62.2 Å². The maximum Gasteiger partial charge on any atom is 0.263 e. The van der Waals surface area contributed by atoms with E-state index in [9.17, 15) is 9.59 Å². The molecule has 0 bridgehead atoms. The van der Waals surface area contributed by atoms with Gasteiger partial charge in [0.15, 0.2) is 6.10 Å². The summed E-state index contributed by atoms with van der Waals surface area (Å²) in [5, 5.41) is 0.619. The van der Waals surface area contributed by atoms with Crippen molar-refractivity contribution in [1.82, 2.24) is 9.80 Å². The highest BCUT2D eigenvalue weighted by Gasteiger charge is 2.26. The van der Waals surface area contributed by atoms with Crippen LogP contribution in [0.2, 0.25) is 5.02 Å². The fourth-order valence-corrected chi connectivity index (χ4v) is 3.69. The van der Waals surface area contributed by atoms with Crippen LogP contribution < -0.4 is 9.47 Å². The number of hydrogen-bond acceptors (Lipinski definition) is 4. The summed E-state index contributed by atoms with van der Waals surface area (Å²) in [6.45, 7) is 6.58. The van der Waals surface area contributed by atoms with E-state index in [0.29, 0.717) is 50.0 Å². The molecule has 2 aromatic rings. The van der Waals surface area contributed by atoms with Crippen molar-refractivity contribution in [3.8, 4) is 11.5 Å². The van der Waals surface area contributed by atoms with E-state index < -0.39 is 6.10 Å². The Balaban J connectivity index is 1.51. The summed E-state index contributed by atoms with van der Waals surface area (Å²) in [4.78, 5) is 29.2. The maximum atomic E-state index is 12.8. The van der Waals surface area contributed by atoms with Crippen molar-refractivity contribution in [3.63, 3.8) is 0 Å². The Morgan fingerprint density at radius 3 is 2.23 bits per heavy atom. The van der Waals surface area contributed by atoms with E-state index in [-0.39, 0.29) is 11.8 Å². The molecular formula is C24H29ClN2O4. The minimum atomic E-state index is -0.604. The molecule has 1 aliphatic heterocycles. The molecule has 1 saturated heterocycles. The van der Waals surface area contributed by atoms with Crippen LogP contribution in [-0.4, -0.2) is 60.5 Å². The van der Waals surface area contributed by atoms with Crippen LogP contribution in [0.1, 0.15) is 25.8 Å². The Morgan fingerprint density at radius 2 is 1.55 bits per heavy atom. The van der Waals surface area contributed by atoms with Crippen LogP contribution >= 0.6 is 11.6 Å². The normalized spacial score (nSPS) is 15.2. The molecule has 1 unspecified atom stereocenters. The molecule has 3 rings (SSSR count). The van der Waals surface area contributed by atoms with E-state index in [4.69, 9.17) is 21.1 Å². The minimum absolute atomic E-state index is 0.0731. The average Bonchev–Trinajstić information content (AvgIpc) is 3.03. The van der Waals surface area contributed by atoms with Crippen molar-refractivity contribution in [1.29, 1.82) is 0 Å². The van der Waals surface area contributed by atoms with Gasteiger partial charge >= 0.3 is 0 Å². The van der Waals surface area contributed by atoms with E-state index in [2.05, 4.69) is 0 Å². The first-order chi connectivity index (χ1) is 15.0. The predicted molar refractivity (Wildman–Crippen MR) is 121 cm³/mol. The highest BCUT2D eigenvalue weighted by atomic mass is 35.5. The van der Waals surface area contributed by atoms with Crippen LogP contribution in [0.5, 0.6) is 11.5 Å². The number of halogens is 1. The molecule has 0 aliphatic carbocycles. The fraction of sp³-hybridized carbons (Fsp3) is 0.417. The maximum absolute atomic E-state index is 12.8. The molecule has 1 atom stereocenters. The second-order valence-corrected chi connectivity index (χ2v) is 7.96. The summed E-state index contributed by atoms with van der Waals surface area (Å²) in [5.41, 5.74) is 0.954. The standard InChI is InChI=1S/C24H29ClN2O4/c1-3-30-21-9-5-19(6-10-21)17-23(28)26-13-4-14-27(16-15-26)24(29)18(2)31-22-11-7-20(25)8-12-22/h5-12,18H,3-4,13-17H2,1-2H3. The van der Waals surface area contributed by atoms with Crippen LogP contribution in [0.15, 0.2) is 48.5 Å². The SMILES string of the molecule is CCOc1ccc(CC(=O)N2CCCN(C(=O)C(C)Oc3ccc(Cl)cc3)CC2)cc1. The Kier molecular flexibility index (Phi) is 8.18. The number of nitrogens with zero attached hydrogens (tertiary/aromatic N) is 2. The molecule has 31 heavy (non-hydrogen) atoms. The van der Waals surface area contributed by atoms with Crippen molar-refractivity contribution < 1.29 is 19.1 Å². The van der Waals surface area contributed by atoms with Gasteiger partial charge in [0.25, 0.3) is 5.91 Å². The van der Waals surface area contributed by atoms with Gasteiger partial charge in [-0.1, -0.05) is 23.7 Å². The van der Waals surface area contributed by atoms with Crippen LogP contribution in [0.3, 0.4) is 0 Å². The van der Waals surface area contributed by atoms with Gasteiger partial charge in [-0.25, -0.2) is 0 Å². The Labute approximate surface area is 188 Å². The zero-order valence-electron chi connectivity index (χ0n) is 18.1. The van der Waals surface area contributed by atoms with E-state index in [0.717, 1.165) is 17.7 Å². The van der Waals surface area contributed by atoms with Crippen molar-refractivity contribution in [3.05, 3.63) is 59.1 Å². The third-order valence-corrected chi connectivity index (χ3v) is 5.48. The van der Waals surface area contributed by atoms with Gasteiger partial charge in [-0.15, -0.1) is 0 Å². The third kappa shape index (κ3) is 6.62. The quantitative estimate of drug-likeness (QED) is 0.651. The number of hydrogen-bond donors (Lipinski definition) is 0. The zero-order chi connectivity index (χ0) is 22.2. The molecule has 0 spiro atoms.